The monoisotopic (exact) mass is 420 g/mol. The van der Waals surface area contributed by atoms with Crippen LogP contribution in [0.25, 0.3) is 0 Å². The highest BCUT2D eigenvalue weighted by atomic mass is 16.5. The van der Waals surface area contributed by atoms with Gasteiger partial charge in [0, 0.05) is 25.2 Å². The first kappa shape index (κ1) is 22.4. The third kappa shape index (κ3) is 6.10. The van der Waals surface area contributed by atoms with Crippen LogP contribution < -0.4 is 0 Å². The van der Waals surface area contributed by atoms with Gasteiger partial charge in [-0.15, -0.1) is 0 Å². The number of benzene rings is 2. The molecule has 6 nitrogen and oxygen atoms in total. The summed E-state index contributed by atoms with van der Waals surface area (Å²) in [5.41, 5.74) is 2.03. The summed E-state index contributed by atoms with van der Waals surface area (Å²) in [5, 5.41) is 0. The highest BCUT2D eigenvalue weighted by Crippen LogP contribution is 2.23. The van der Waals surface area contributed by atoms with Crippen molar-refractivity contribution in [2.24, 2.45) is 0 Å². The first-order valence-electron chi connectivity index (χ1n) is 10.5. The smallest absolute Gasteiger partial charge is 0.329 e. The molecule has 0 spiro atoms. The van der Waals surface area contributed by atoms with Gasteiger partial charge in [-0.25, -0.2) is 9.59 Å². The van der Waals surface area contributed by atoms with Gasteiger partial charge < -0.3 is 19.3 Å². The van der Waals surface area contributed by atoms with Gasteiger partial charge in [-0.2, -0.15) is 0 Å². The predicted molar refractivity (Wildman–Crippen MR) is 117 cm³/mol. The zero-order chi connectivity index (χ0) is 22.1. The maximum absolute atomic E-state index is 12.7. The Balaban J connectivity index is 1.76. The van der Waals surface area contributed by atoms with Crippen LogP contribution >= 0.6 is 0 Å². The van der Waals surface area contributed by atoms with E-state index in [9.17, 15) is 9.59 Å². The summed E-state index contributed by atoms with van der Waals surface area (Å²) in [5.74, 6) is -0.665. The molecule has 2 aromatic rings. The van der Waals surface area contributed by atoms with E-state index < -0.39 is 12.1 Å². The van der Waals surface area contributed by atoms with Crippen molar-refractivity contribution < 1.29 is 19.1 Å². The molecule has 1 aliphatic heterocycles. The molecule has 0 N–H and O–H groups in total. The van der Waals surface area contributed by atoms with Crippen molar-refractivity contribution in [3.05, 3.63) is 90.9 Å². The molecule has 2 radical (unpaired) electrons. The lowest BCUT2D eigenvalue weighted by Crippen LogP contribution is -2.43. The van der Waals surface area contributed by atoms with E-state index in [4.69, 9.17) is 9.47 Å². The Bertz CT molecular complexity index is 798. The maximum atomic E-state index is 12.7. The second-order valence-electron chi connectivity index (χ2n) is 7.13. The maximum Gasteiger partial charge on any atom is 0.329 e. The van der Waals surface area contributed by atoms with Crippen LogP contribution in [-0.4, -0.2) is 47.0 Å². The highest BCUT2D eigenvalue weighted by Gasteiger charge is 2.35. The van der Waals surface area contributed by atoms with Crippen LogP contribution in [0.2, 0.25) is 0 Å². The van der Waals surface area contributed by atoms with Crippen molar-refractivity contribution in [2.45, 2.75) is 38.8 Å². The molecule has 6 heteroatoms. The van der Waals surface area contributed by atoms with Gasteiger partial charge in [-0.1, -0.05) is 60.7 Å². The SMILES string of the molecule is CCOC(=O)C(Cc1ccccc1)N1[C]N(C(Cc2ccccc2)C(=O)OCC)C=C1. The average Bonchev–Trinajstić information content (AvgIpc) is 3.27. The molecular weight excluding hydrogens is 392 g/mol. The molecule has 2 unspecified atom stereocenters. The van der Waals surface area contributed by atoms with E-state index >= 15 is 0 Å². The Morgan fingerprint density at radius 1 is 0.742 bits per heavy atom. The summed E-state index contributed by atoms with van der Waals surface area (Å²) in [7, 11) is 0. The molecule has 0 aromatic heterocycles. The molecule has 0 saturated heterocycles. The van der Waals surface area contributed by atoms with E-state index in [1.165, 1.54) is 0 Å². The standard InChI is InChI=1S/C25H28N2O4/c1-3-30-24(28)22(17-20-11-7-5-8-12-20)26-15-16-27(19-26)23(25(29)31-4-2)18-21-13-9-6-10-14-21/h5-16,22-23H,3-4,17-18H2,1-2H3. The van der Waals surface area contributed by atoms with Crippen LogP contribution in [0.3, 0.4) is 0 Å². The van der Waals surface area contributed by atoms with E-state index in [0.717, 1.165) is 11.1 Å². The molecule has 0 aliphatic carbocycles. The Hall–Kier alpha value is -3.28. The van der Waals surface area contributed by atoms with Crippen LogP contribution in [0, 0.1) is 6.67 Å². The number of hydrogen-bond donors (Lipinski definition) is 0. The summed E-state index contributed by atoms with van der Waals surface area (Å²) in [6.45, 7) is 7.33. The minimum absolute atomic E-state index is 0.296. The molecule has 1 heterocycles. The van der Waals surface area contributed by atoms with Gasteiger partial charge in [0.2, 0.25) is 6.67 Å². The average molecular weight is 421 g/mol. The van der Waals surface area contributed by atoms with Gasteiger partial charge in [0.1, 0.15) is 12.1 Å². The van der Waals surface area contributed by atoms with Crippen LogP contribution in [0.4, 0.5) is 0 Å². The van der Waals surface area contributed by atoms with E-state index in [1.807, 2.05) is 60.7 Å². The van der Waals surface area contributed by atoms with Crippen molar-refractivity contribution in [3.63, 3.8) is 0 Å². The molecule has 3 rings (SSSR count). The Kier molecular flexibility index (Phi) is 8.10. The summed E-state index contributed by atoms with van der Waals surface area (Å²) in [6, 6.07) is 18.4. The van der Waals surface area contributed by atoms with Crippen molar-refractivity contribution in [1.29, 1.82) is 0 Å². The fourth-order valence-corrected chi connectivity index (χ4v) is 3.43. The topological polar surface area (TPSA) is 59.1 Å². The first-order valence-corrected chi connectivity index (χ1v) is 10.5. The normalized spacial score (nSPS) is 14.9. The lowest BCUT2D eigenvalue weighted by Gasteiger charge is -2.29. The second-order valence-corrected chi connectivity index (χ2v) is 7.13. The number of ether oxygens (including phenoxy) is 2. The van der Waals surface area contributed by atoms with Gasteiger partial charge in [-0.05, 0) is 25.0 Å². The van der Waals surface area contributed by atoms with Crippen molar-refractivity contribution in [2.75, 3.05) is 13.2 Å². The summed E-state index contributed by atoms with van der Waals surface area (Å²) in [6.07, 6.45) is 4.44. The van der Waals surface area contributed by atoms with E-state index in [1.54, 1.807) is 36.0 Å². The third-order valence-corrected chi connectivity index (χ3v) is 4.95. The van der Waals surface area contributed by atoms with Crippen molar-refractivity contribution >= 4 is 11.9 Å². The van der Waals surface area contributed by atoms with Gasteiger partial charge in [0.15, 0.2) is 0 Å². The van der Waals surface area contributed by atoms with Crippen LogP contribution in [0.15, 0.2) is 73.1 Å². The van der Waals surface area contributed by atoms with Gasteiger partial charge >= 0.3 is 11.9 Å². The molecule has 162 valence electrons. The van der Waals surface area contributed by atoms with Gasteiger partial charge in [0.25, 0.3) is 0 Å². The molecule has 1 aliphatic rings. The van der Waals surface area contributed by atoms with E-state index in [2.05, 4.69) is 6.67 Å². The minimum atomic E-state index is -0.580. The van der Waals surface area contributed by atoms with Gasteiger partial charge in [-0.3, -0.25) is 0 Å². The van der Waals surface area contributed by atoms with E-state index in [-0.39, 0.29) is 11.9 Å². The summed E-state index contributed by atoms with van der Waals surface area (Å²) < 4.78 is 10.6. The Morgan fingerprint density at radius 3 is 1.48 bits per heavy atom. The minimum Gasteiger partial charge on any atom is -0.464 e. The fourth-order valence-electron chi connectivity index (χ4n) is 3.43. The molecule has 0 saturated carbocycles. The highest BCUT2D eigenvalue weighted by molar-refractivity contribution is 5.78. The molecule has 2 aromatic carbocycles. The molecule has 31 heavy (non-hydrogen) atoms. The number of nitrogens with zero attached hydrogens (tertiary/aromatic N) is 2. The molecule has 0 bridgehead atoms. The first-order chi connectivity index (χ1) is 15.1. The number of hydrogen-bond acceptors (Lipinski definition) is 6. The molecule has 0 amide bonds. The van der Waals surface area contributed by atoms with E-state index in [0.29, 0.717) is 26.1 Å². The zero-order valence-electron chi connectivity index (χ0n) is 17.9. The second kappa shape index (κ2) is 11.2. The van der Waals surface area contributed by atoms with Crippen LogP contribution in [0.5, 0.6) is 0 Å². The molecule has 0 fully saturated rings. The molecule has 2 atom stereocenters. The van der Waals surface area contributed by atoms with Crippen LogP contribution in [-0.2, 0) is 31.9 Å². The quantitative estimate of drug-likeness (QED) is 0.549. The number of carbonyl (C=O) groups excluding carboxylic acids is 2. The lowest BCUT2D eigenvalue weighted by molar-refractivity contribution is -0.148. The third-order valence-electron chi connectivity index (χ3n) is 4.95. The Labute approximate surface area is 184 Å². The lowest BCUT2D eigenvalue weighted by atomic mass is 10.0. The predicted octanol–water partition coefficient (Wildman–Crippen LogP) is 3.42. The molecular formula is C25H28N2O4. The summed E-state index contributed by atoms with van der Waals surface area (Å²) in [4.78, 5) is 28.7. The fraction of sp³-hybridized carbons (Fsp3) is 0.320. The van der Waals surface area contributed by atoms with Crippen molar-refractivity contribution in [3.8, 4) is 0 Å². The van der Waals surface area contributed by atoms with Crippen LogP contribution in [0.1, 0.15) is 25.0 Å². The van der Waals surface area contributed by atoms with Gasteiger partial charge in [0.05, 0.1) is 13.2 Å². The number of rotatable bonds is 10. The summed E-state index contributed by atoms with van der Waals surface area (Å²) >= 11 is 0. The largest absolute Gasteiger partial charge is 0.464 e. The number of carbonyl (C=O) groups is 2. The zero-order valence-corrected chi connectivity index (χ0v) is 17.9. The Morgan fingerprint density at radius 2 is 1.13 bits per heavy atom. The van der Waals surface area contributed by atoms with Crippen molar-refractivity contribution in [1.82, 2.24) is 9.80 Å². The number of esters is 2.